The van der Waals surface area contributed by atoms with Gasteiger partial charge in [0.15, 0.2) is 0 Å². The van der Waals surface area contributed by atoms with Crippen LogP contribution in [0.25, 0.3) is 33.2 Å². The number of carbonyl (C=O) groups is 3. The van der Waals surface area contributed by atoms with E-state index < -0.39 is 51.3 Å². The van der Waals surface area contributed by atoms with E-state index in [0.717, 1.165) is 15.1 Å². The van der Waals surface area contributed by atoms with Crippen LogP contribution in [0.1, 0.15) is 53.3 Å². The Hall–Kier alpha value is -5.28. The maximum Gasteiger partial charge on any atom is 0.419 e. The van der Waals surface area contributed by atoms with Gasteiger partial charge in [-0.05, 0) is 63.2 Å². The van der Waals surface area contributed by atoms with Crippen molar-refractivity contribution in [2.45, 2.75) is 32.5 Å². The van der Waals surface area contributed by atoms with Crippen molar-refractivity contribution in [1.29, 1.82) is 0 Å². The van der Waals surface area contributed by atoms with Gasteiger partial charge in [0.2, 0.25) is 10.0 Å². The molecule has 5 aromatic rings. The van der Waals surface area contributed by atoms with Crippen LogP contribution in [0.5, 0.6) is 0 Å². The molecule has 1 aliphatic rings. The van der Waals surface area contributed by atoms with E-state index in [2.05, 4.69) is 5.32 Å². The zero-order valence-corrected chi connectivity index (χ0v) is 29.6. The molecule has 3 heterocycles. The number of halogens is 2. The Kier molecular flexibility index (Phi) is 9.14. The molecule has 1 unspecified atom stereocenters. The molecule has 0 spiro atoms. The summed E-state index contributed by atoms with van der Waals surface area (Å²) in [4.78, 5) is 42.3. The normalized spacial score (nSPS) is 15.3. The molecule has 1 atom stereocenters. The standard InChI is InChI=1S/C36H36F2N4O8S/c1-36(2,3)50-35(45)42-27(16-21-8-7-9-25(38)31(21)42)34(44)41-14-15-48-29(19-41)23-17-24-28(18-26(23)40(5)51(6,46)47)49-32(30(24)33(43)39-4)20-10-12-22(37)13-11-20/h7-13,16-18,29H,14-15,19H2,1-6H3,(H,39,43). The Labute approximate surface area is 292 Å². The molecule has 0 saturated carbocycles. The number of hydrogen-bond acceptors (Lipinski definition) is 8. The van der Waals surface area contributed by atoms with Crippen molar-refractivity contribution in [2.24, 2.45) is 0 Å². The highest BCUT2D eigenvalue weighted by Gasteiger charge is 2.35. The lowest BCUT2D eigenvalue weighted by Gasteiger charge is -2.35. The van der Waals surface area contributed by atoms with E-state index in [1.807, 2.05) is 0 Å². The van der Waals surface area contributed by atoms with Crippen molar-refractivity contribution in [3.8, 4) is 11.3 Å². The Balaban J connectivity index is 1.47. The van der Waals surface area contributed by atoms with Crippen molar-refractivity contribution in [2.75, 3.05) is 44.4 Å². The third-order valence-corrected chi connectivity index (χ3v) is 9.70. The van der Waals surface area contributed by atoms with Gasteiger partial charge in [0.25, 0.3) is 11.8 Å². The van der Waals surface area contributed by atoms with Crippen LogP contribution in [0.3, 0.4) is 0 Å². The highest BCUT2D eigenvalue weighted by Crippen LogP contribution is 2.41. The van der Waals surface area contributed by atoms with Crippen LogP contribution in [-0.4, -0.2) is 81.4 Å². The number of para-hydroxylation sites is 1. The van der Waals surface area contributed by atoms with Crippen LogP contribution in [0.4, 0.5) is 19.3 Å². The number of amides is 2. The molecule has 2 aromatic heterocycles. The maximum absolute atomic E-state index is 15.1. The number of aromatic nitrogens is 1. The Bertz CT molecular complexity index is 2310. The minimum absolute atomic E-state index is 0.0199. The first-order valence-electron chi connectivity index (χ1n) is 15.9. The summed E-state index contributed by atoms with van der Waals surface area (Å²) in [5, 5.41) is 3.23. The van der Waals surface area contributed by atoms with Gasteiger partial charge in [-0.3, -0.25) is 13.9 Å². The molecule has 51 heavy (non-hydrogen) atoms. The number of carbonyl (C=O) groups excluding carboxylic acids is 3. The topological polar surface area (TPSA) is 140 Å². The molecule has 268 valence electrons. The average molecular weight is 723 g/mol. The number of nitrogens with one attached hydrogen (secondary N) is 1. The van der Waals surface area contributed by atoms with E-state index in [4.69, 9.17) is 13.9 Å². The van der Waals surface area contributed by atoms with Gasteiger partial charge in [-0.25, -0.2) is 26.6 Å². The average Bonchev–Trinajstić information content (AvgIpc) is 3.65. The monoisotopic (exact) mass is 722 g/mol. The minimum Gasteiger partial charge on any atom is -0.455 e. The van der Waals surface area contributed by atoms with Gasteiger partial charge in [0, 0.05) is 48.6 Å². The largest absolute Gasteiger partial charge is 0.455 e. The summed E-state index contributed by atoms with van der Waals surface area (Å²) in [6.07, 6.45) is -0.837. The molecule has 1 N–H and O–H groups in total. The van der Waals surface area contributed by atoms with E-state index in [9.17, 15) is 27.2 Å². The van der Waals surface area contributed by atoms with Crippen molar-refractivity contribution < 1.29 is 45.5 Å². The molecular formula is C36H36F2N4O8S. The molecule has 3 aromatic carbocycles. The summed E-state index contributed by atoms with van der Waals surface area (Å²) in [6, 6.07) is 14.1. The van der Waals surface area contributed by atoms with Gasteiger partial charge in [0.1, 0.15) is 40.4 Å². The fraction of sp³-hybridized carbons (Fsp3) is 0.306. The van der Waals surface area contributed by atoms with Crippen LogP contribution < -0.4 is 9.62 Å². The van der Waals surface area contributed by atoms with Crippen LogP contribution in [-0.2, 0) is 19.5 Å². The molecule has 0 radical (unpaired) electrons. The molecule has 15 heteroatoms. The summed E-state index contributed by atoms with van der Waals surface area (Å²) >= 11 is 0. The van der Waals surface area contributed by atoms with Crippen LogP contribution in [0.2, 0.25) is 0 Å². The zero-order valence-electron chi connectivity index (χ0n) is 28.7. The quantitative estimate of drug-likeness (QED) is 0.222. The predicted octanol–water partition coefficient (Wildman–Crippen LogP) is 6.09. The molecular weight excluding hydrogens is 686 g/mol. The maximum atomic E-state index is 15.1. The van der Waals surface area contributed by atoms with E-state index in [1.54, 1.807) is 32.9 Å². The minimum atomic E-state index is -3.84. The van der Waals surface area contributed by atoms with Crippen molar-refractivity contribution in [3.05, 3.63) is 89.1 Å². The molecule has 1 aliphatic heterocycles. The SMILES string of the molecule is CNC(=O)c1c(-c2ccc(F)cc2)oc2cc(N(C)S(C)(=O)=O)c(C3CN(C(=O)c4cc5cccc(F)c5n4C(=O)OC(C)(C)C)CCO3)cc12. The van der Waals surface area contributed by atoms with E-state index in [0.29, 0.717) is 21.9 Å². The van der Waals surface area contributed by atoms with Gasteiger partial charge < -0.3 is 24.1 Å². The van der Waals surface area contributed by atoms with Crippen LogP contribution >= 0.6 is 0 Å². The summed E-state index contributed by atoms with van der Waals surface area (Å²) in [7, 11) is -1.05. The van der Waals surface area contributed by atoms with E-state index >= 15 is 4.39 Å². The van der Waals surface area contributed by atoms with Crippen LogP contribution in [0, 0.1) is 11.6 Å². The Morgan fingerprint density at radius 2 is 1.75 bits per heavy atom. The number of furan rings is 1. The van der Waals surface area contributed by atoms with Crippen LogP contribution in [0.15, 0.2) is 65.1 Å². The fourth-order valence-corrected chi connectivity index (χ4v) is 6.58. The third-order valence-electron chi connectivity index (χ3n) is 8.51. The van der Waals surface area contributed by atoms with Crippen molar-refractivity contribution in [1.82, 2.24) is 14.8 Å². The molecule has 6 rings (SSSR count). The van der Waals surface area contributed by atoms with Crippen molar-refractivity contribution >= 4 is 55.5 Å². The number of anilines is 1. The summed E-state index contributed by atoms with van der Waals surface area (Å²) in [6.45, 7) is 4.97. The lowest BCUT2D eigenvalue weighted by molar-refractivity contribution is -0.0229. The molecule has 2 amide bonds. The Morgan fingerprint density at radius 3 is 2.39 bits per heavy atom. The summed E-state index contributed by atoms with van der Waals surface area (Å²) < 4.78 is 74.4. The predicted molar refractivity (Wildman–Crippen MR) is 186 cm³/mol. The summed E-state index contributed by atoms with van der Waals surface area (Å²) in [5.41, 5.74) is 0.0157. The second-order valence-corrected chi connectivity index (χ2v) is 15.2. The number of hydrogen-bond donors (Lipinski definition) is 1. The number of morpholine rings is 1. The van der Waals surface area contributed by atoms with Gasteiger partial charge in [-0.15, -0.1) is 0 Å². The lowest BCUT2D eigenvalue weighted by Crippen LogP contribution is -2.43. The first-order valence-corrected chi connectivity index (χ1v) is 17.8. The number of rotatable bonds is 6. The molecule has 1 fully saturated rings. The van der Waals surface area contributed by atoms with E-state index in [-0.39, 0.29) is 53.5 Å². The second-order valence-electron chi connectivity index (χ2n) is 13.2. The van der Waals surface area contributed by atoms with Gasteiger partial charge in [-0.2, -0.15) is 0 Å². The number of fused-ring (bicyclic) bond motifs is 2. The highest BCUT2D eigenvalue weighted by atomic mass is 32.2. The fourth-order valence-electron chi connectivity index (χ4n) is 6.07. The van der Waals surface area contributed by atoms with Gasteiger partial charge in [-0.1, -0.05) is 12.1 Å². The zero-order chi connectivity index (χ0) is 37.0. The molecule has 12 nitrogen and oxygen atoms in total. The third kappa shape index (κ3) is 6.78. The number of sulfonamides is 1. The first-order chi connectivity index (χ1) is 24.0. The number of nitrogens with zero attached hydrogens (tertiary/aromatic N) is 3. The van der Waals surface area contributed by atoms with Crippen molar-refractivity contribution in [3.63, 3.8) is 0 Å². The highest BCUT2D eigenvalue weighted by molar-refractivity contribution is 7.92. The van der Waals surface area contributed by atoms with Gasteiger partial charge >= 0.3 is 6.09 Å². The van der Waals surface area contributed by atoms with E-state index in [1.165, 1.54) is 67.5 Å². The first kappa shape index (κ1) is 35.5. The lowest BCUT2D eigenvalue weighted by atomic mass is 9.99. The Morgan fingerprint density at radius 1 is 1.04 bits per heavy atom. The molecule has 0 bridgehead atoms. The molecule has 1 saturated heterocycles. The second kappa shape index (κ2) is 13.1. The number of benzene rings is 3. The smallest absolute Gasteiger partial charge is 0.419 e. The van der Waals surface area contributed by atoms with Gasteiger partial charge in [0.05, 0.1) is 36.2 Å². The summed E-state index contributed by atoms with van der Waals surface area (Å²) in [5.74, 6) is -2.19. The molecule has 0 aliphatic carbocycles. The number of ether oxygens (including phenoxy) is 2.